The molecule has 1 aromatic heterocycles. The Balaban J connectivity index is 2.21. The third kappa shape index (κ3) is 2.40. The van der Waals surface area contributed by atoms with Gasteiger partial charge in [-0.2, -0.15) is 0 Å². The molecule has 0 aliphatic heterocycles. The SMILES string of the molecule is S=c1c2ccccc2n(-c2ccccc2)c(=S)n1-c1ccccc1. The third-order valence-electron chi connectivity index (χ3n) is 3.99. The summed E-state index contributed by atoms with van der Waals surface area (Å²) >= 11 is 11.6. The van der Waals surface area contributed by atoms with Crippen molar-refractivity contribution in [2.75, 3.05) is 0 Å². The van der Waals surface area contributed by atoms with Gasteiger partial charge in [-0.25, -0.2) is 0 Å². The van der Waals surface area contributed by atoms with Gasteiger partial charge in [0.05, 0.1) is 5.52 Å². The second-order valence-electron chi connectivity index (χ2n) is 5.45. The van der Waals surface area contributed by atoms with E-state index in [1.165, 1.54) is 0 Å². The van der Waals surface area contributed by atoms with Gasteiger partial charge >= 0.3 is 0 Å². The van der Waals surface area contributed by atoms with Gasteiger partial charge in [0.25, 0.3) is 0 Å². The molecule has 0 N–H and O–H groups in total. The van der Waals surface area contributed by atoms with E-state index in [-0.39, 0.29) is 0 Å². The maximum absolute atomic E-state index is 5.83. The Morgan fingerprint density at radius 3 is 1.67 bits per heavy atom. The molecule has 4 rings (SSSR count). The lowest BCUT2D eigenvalue weighted by atomic mass is 10.2. The Labute approximate surface area is 150 Å². The van der Waals surface area contributed by atoms with Crippen LogP contribution in [0.2, 0.25) is 0 Å². The molecule has 24 heavy (non-hydrogen) atoms. The predicted octanol–water partition coefficient (Wildman–Crippen LogP) is 5.88. The molecule has 0 aliphatic carbocycles. The number of para-hydroxylation sites is 3. The van der Waals surface area contributed by atoms with Crippen LogP contribution in [0.3, 0.4) is 0 Å². The zero-order valence-corrected chi connectivity index (χ0v) is 14.4. The smallest absolute Gasteiger partial charge is 0.190 e. The Morgan fingerprint density at radius 1 is 0.542 bits per heavy atom. The first-order valence-electron chi connectivity index (χ1n) is 7.65. The lowest BCUT2D eigenvalue weighted by molar-refractivity contribution is 0.893. The van der Waals surface area contributed by atoms with Crippen molar-refractivity contribution in [2.45, 2.75) is 0 Å². The van der Waals surface area contributed by atoms with E-state index in [2.05, 4.69) is 22.8 Å². The van der Waals surface area contributed by atoms with E-state index in [0.717, 1.165) is 26.9 Å². The maximum atomic E-state index is 5.83. The summed E-state index contributed by atoms with van der Waals surface area (Å²) in [7, 11) is 0. The van der Waals surface area contributed by atoms with Crippen LogP contribution in [0.1, 0.15) is 0 Å². The number of hydrogen-bond donors (Lipinski definition) is 0. The van der Waals surface area contributed by atoms with E-state index in [1.54, 1.807) is 0 Å². The van der Waals surface area contributed by atoms with E-state index in [0.29, 0.717) is 4.77 Å². The molecule has 0 aliphatic rings. The van der Waals surface area contributed by atoms with Gasteiger partial charge in [0.2, 0.25) is 0 Å². The van der Waals surface area contributed by atoms with Crippen molar-refractivity contribution in [3.63, 3.8) is 0 Å². The quantitative estimate of drug-likeness (QED) is 0.419. The van der Waals surface area contributed by atoms with Crippen LogP contribution in [-0.2, 0) is 0 Å². The van der Waals surface area contributed by atoms with Gasteiger partial charge in [-0.05, 0) is 48.6 Å². The Kier molecular flexibility index (Phi) is 3.84. The first-order valence-corrected chi connectivity index (χ1v) is 8.47. The summed E-state index contributed by atoms with van der Waals surface area (Å²) in [5.41, 5.74) is 3.02. The molecule has 4 heteroatoms. The van der Waals surface area contributed by atoms with Gasteiger partial charge in [-0.15, -0.1) is 0 Å². The molecule has 0 fully saturated rings. The minimum absolute atomic E-state index is 0.663. The highest BCUT2D eigenvalue weighted by Gasteiger charge is 2.10. The van der Waals surface area contributed by atoms with Gasteiger partial charge in [-0.3, -0.25) is 9.13 Å². The second-order valence-corrected chi connectivity index (χ2v) is 6.20. The minimum Gasteiger partial charge on any atom is -0.286 e. The number of fused-ring (bicyclic) bond motifs is 1. The molecule has 4 aromatic rings. The summed E-state index contributed by atoms with van der Waals surface area (Å²) in [6.07, 6.45) is 0. The summed E-state index contributed by atoms with van der Waals surface area (Å²) in [6, 6.07) is 28.3. The van der Waals surface area contributed by atoms with Crippen LogP contribution in [-0.4, -0.2) is 9.13 Å². The molecule has 0 atom stereocenters. The van der Waals surface area contributed by atoms with Crippen molar-refractivity contribution in [3.8, 4) is 11.4 Å². The van der Waals surface area contributed by atoms with Crippen molar-refractivity contribution in [3.05, 3.63) is 94.3 Å². The molecular weight excluding hydrogens is 332 g/mol. The predicted molar refractivity (Wildman–Crippen MR) is 104 cm³/mol. The Morgan fingerprint density at radius 2 is 1.04 bits per heavy atom. The fraction of sp³-hybridized carbons (Fsp3) is 0. The number of benzene rings is 3. The van der Waals surface area contributed by atoms with Crippen LogP contribution in [0.4, 0.5) is 0 Å². The zero-order chi connectivity index (χ0) is 16.5. The summed E-state index contributed by atoms with van der Waals surface area (Å²) in [4.78, 5) is 0. The van der Waals surface area contributed by atoms with Gasteiger partial charge < -0.3 is 0 Å². The fourth-order valence-corrected chi connectivity index (χ4v) is 3.71. The Hall–Kier alpha value is -2.56. The van der Waals surface area contributed by atoms with Gasteiger partial charge in [0, 0.05) is 16.8 Å². The van der Waals surface area contributed by atoms with Crippen LogP contribution in [0.15, 0.2) is 84.9 Å². The monoisotopic (exact) mass is 346 g/mol. The van der Waals surface area contributed by atoms with Crippen molar-refractivity contribution >= 4 is 35.3 Å². The summed E-state index contributed by atoms with van der Waals surface area (Å²) in [5.74, 6) is 0. The topological polar surface area (TPSA) is 9.86 Å². The van der Waals surface area contributed by atoms with Crippen LogP contribution >= 0.6 is 24.4 Å². The van der Waals surface area contributed by atoms with Crippen LogP contribution < -0.4 is 0 Å². The van der Waals surface area contributed by atoms with Crippen molar-refractivity contribution in [1.29, 1.82) is 0 Å². The summed E-state index contributed by atoms with van der Waals surface area (Å²) < 4.78 is 5.43. The van der Waals surface area contributed by atoms with Gasteiger partial charge in [-0.1, -0.05) is 60.7 Å². The summed E-state index contributed by atoms with van der Waals surface area (Å²) in [6.45, 7) is 0. The molecule has 0 saturated carbocycles. The van der Waals surface area contributed by atoms with Crippen molar-refractivity contribution in [1.82, 2.24) is 9.13 Å². The van der Waals surface area contributed by atoms with Crippen LogP contribution in [0.25, 0.3) is 22.3 Å². The molecule has 0 spiro atoms. The Bertz CT molecular complexity index is 1130. The van der Waals surface area contributed by atoms with Crippen molar-refractivity contribution in [2.24, 2.45) is 0 Å². The average Bonchev–Trinajstić information content (AvgIpc) is 2.64. The molecule has 0 unspecified atom stereocenters. The van der Waals surface area contributed by atoms with E-state index >= 15 is 0 Å². The molecule has 2 nitrogen and oxygen atoms in total. The highest BCUT2D eigenvalue weighted by Crippen LogP contribution is 2.23. The van der Waals surface area contributed by atoms with Crippen LogP contribution in [0, 0.1) is 9.41 Å². The first-order chi connectivity index (χ1) is 11.8. The maximum Gasteiger partial charge on any atom is 0.190 e. The van der Waals surface area contributed by atoms with E-state index in [1.807, 2.05) is 71.3 Å². The van der Waals surface area contributed by atoms with E-state index in [4.69, 9.17) is 24.4 Å². The normalized spacial score (nSPS) is 10.8. The molecule has 0 bridgehead atoms. The molecular formula is C20H14N2S2. The van der Waals surface area contributed by atoms with Crippen molar-refractivity contribution < 1.29 is 0 Å². The molecule has 3 aromatic carbocycles. The average molecular weight is 346 g/mol. The minimum atomic E-state index is 0.663. The highest BCUT2D eigenvalue weighted by molar-refractivity contribution is 7.72. The second kappa shape index (κ2) is 6.15. The largest absolute Gasteiger partial charge is 0.286 e. The highest BCUT2D eigenvalue weighted by atomic mass is 32.1. The molecule has 1 heterocycles. The number of rotatable bonds is 2. The standard InChI is InChI=1S/C20H14N2S2/c23-19-17-13-7-8-14-18(17)21(15-9-3-1-4-10-15)20(24)22(19)16-11-5-2-6-12-16/h1-14H. The van der Waals surface area contributed by atoms with E-state index < -0.39 is 0 Å². The van der Waals surface area contributed by atoms with E-state index in [9.17, 15) is 0 Å². The number of nitrogens with zero attached hydrogens (tertiary/aromatic N) is 2. The molecule has 0 radical (unpaired) electrons. The number of aromatic nitrogens is 2. The third-order valence-corrected chi connectivity index (χ3v) is 4.76. The zero-order valence-electron chi connectivity index (χ0n) is 12.8. The first kappa shape index (κ1) is 15.0. The lowest BCUT2D eigenvalue weighted by Crippen LogP contribution is -2.09. The molecule has 0 saturated heterocycles. The molecule has 116 valence electrons. The van der Waals surface area contributed by atoms with Gasteiger partial charge in [0.1, 0.15) is 4.64 Å². The lowest BCUT2D eigenvalue weighted by Gasteiger charge is -2.17. The van der Waals surface area contributed by atoms with Gasteiger partial charge in [0.15, 0.2) is 4.77 Å². The summed E-state index contributed by atoms with van der Waals surface area (Å²) in [5, 5.41) is 1.01. The fourth-order valence-electron chi connectivity index (χ4n) is 2.89. The number of hydrogen-bond acceptors (Lipinski definition) is 2. The van der Waals surface area contributed by atoms with Crippen LogP contribution in [0.5, 0.6) is 0 Å². The molecule has 0 amide bonds.